The molecule has 0 aromatic carbocycles. The first-order chi connectivity index (χ1) is 2.41. The SMILES string of the molecule is O=CC#CO. The van der Waals surface area contributed by atoms with Crippen LogP contribution in [0.25, 0.3) is 0 Å². The molecule has 0 saturated heterocycles. The number of aliphatic hydroxyl groups excluding tert-OH is 1. The van der Waals surface area contributed by atoms with Crippen molar-refractivity contribution in [2.45, 2.75) is 0 Å². The molecule has 0 atom stereocenters. The molecule has 0 saturated carbocycles. The van der Waals surface area contributed by atoms with Crippen molar-refractivity contribution in [1.82, 2.24) is 0 Å². The summed E-state index contributed by atoms with van der Waals surface area (Å²) in [5.41, 5.74) is 0. The van der Waals surface area contributed by atoms with Crippen molar-refractivity contribution in [2.75, 3.05) is 0 Å². The average molecular weight is 70.0 g/mol. The molecule has 0 bridgehead atoms. The lowest BCUT2D eigenvalue weighted by Crippen LogP contribution is -1.54. The highest BCUT2D eigenvalue weighted by Crippen LogP contribution is 1.31. The zero-order valence-corrected chi connectivity index (χ0v) is 2.43. The third-order valence-electron chi connectivity index (χ3n) is 0.123. The highest BCUT2D eigenvalue weighted by atomic mass is 16.2. The van der Waals surface area contributed by atoms with Crippen molar-refractivity contribution in [1.29, 1.82) is 0 Å². The minimum absolute atomic E-state index is 0.319. The van der Waals surface area contributed by atoms with Crippen LogP contribution in [0.5, 0.6) is 0 Å². The second-order valence-electron chi connectivity index (χ2n) is 0.374. The van der Waals surface area contributed by atoms with Crippen LogP contribution < -0.4 is 0 Å². The summed E-state index contributed by atoms with van der Waals surface area (Å²) in [5, 5.41) is 7.47. The molecule has 0 aliphatic carbocycles. The Morgan fingerprint density at radius 1 is 1.80 bits per heavy atom. The Balaban J connectivity index is 3.16. The molecular weight excluding hydrogens is 68.0 g/mol. The van der Waals surface area contributed by atoms with E-state index in [-0.39, 0.29) is 0 Å². The maximum absolute atomic E-state index is 9.07. The van der Waals surface area contributed by atoms with Crippen LogP contribution in [-0.2, 0) is 4.79 Å². The standard InChI is InChI=1S/C3H2O2/c4-2-1-3-5/h2,5H. The van der Waals surface area contributed by atoms with E-state index in [2.05, 4.69) is 0 Å². The zero-order valence-electron chi connectivity index (χ0n) is 2.43. The molecule has 0 aliphatic rings. The van der Waals surface area contributed by atoms with Crippen molar-refractivity contribution in [3.8, 4) is 12.0 Å². The highest BCUT2D eigenvalue weighted by molar-refractivity contribution is 5.71. The van der Waals surface area contributed by atoms with Crippen LogP contribution in [0.15, 0.2) is 0 Å². The molecule has 1 N–H and O–H groups in total. The van der Waals surface area contributed by atoms with E-state index in [1.807, 2.05) is 0 Å². The minimum atomic E-state index is 0.319. The normalized spacial score (nSPS) is 4.00. The van der Waals surface area contributed by atoms with Gasteiger partial charge in [-0.05, 0) is 0 Å². The molecule has 26 valence electrons. The van der Waals surface area contributed by atoms with Gasteiger partial charge in [0.1, 0.15) is 6.11 Å². The summed E-state index contributed by atoms with van der Waals surface area (Å²) < 4.78 is 0. The summed E-state index contributed by atoms with van der Waals surface area (Å²) in [6.45, 7) is 0. The van der Waals surface area contributed by atoms with E-state index in [1.54, 1.807) is 5.92 Å². The maximum Gasteiger partial charge on any atom is 0.196 e. The van der Waals surface area contributed by atoms with Crippen molar-refractivity contribution >= 4 is 6.29 Å². The Morgan fingerprint density at radius 3 is 2.40 bits per heavy atom. The van der Waals surface area contributed by atoms with Crippen molar-refractivity contribution in [3.05, 3.63) is 0 Å². The first-order valence-corrected chi connectivity index (χ1v) is 0.998. The van der Waals surface area contributed by atoms with Gasteiger partial charge in [0.15, 0.2) is 6.29 Å². The fourth-order valence-corrected chi connectivity index (χ4v) is 0.0264. The fourth-order valence-electron chi connectivity index (χ4n) is 0.0264. The second-order valence-corrected chi connectivity index (χ2v) is 0.374. The van der Waals surface area contributed by atoms with E-state index >= 15 is 0 Å². The lowest BCUT2D eigenvalue weighted by atomic mass is 10.8. The summed E-state index contributed by atoms with van der Waals surface area (Å²) in [7, 11) is 0. The van der Waals surface area contributed by atoms with Gasteiger partial charge in [-0.25, -0.2) is 0 Å². The molecule has 0 aromatic rings. The van der Waals surface area contributed by atoms with Gasteiger partial charge in [-0.3, -0.25) is 4.79 Å². The van der Waals surface area contributed by atoms with Gasteiger partial charge in [0.05, 0.1) is 0 Å². The average Bonchev–Trinajstić information content (AvgIpc) is 1.41. The van der Waals surface area contributed by atoms with Crippen LogP contribution in [0.1, 0.15) is 0 Å². The Labute approximate surface area is 29.4 Å². The predicted molar refractivity (Wildman–Crippen MR) is 15.8 cm³/mol. The molecule has 0 heterocycles. The highest BCUT2D eigenvalue weighted by Gasteiger charge is 1.45. The van der Waals surface area contributed by atoms with E-state index in [0.717, 1.165) is 0 Å². The smallest absolute Gasteiger partial charge is 0.196 e. The van der Waals surface area contributed by atoms with Gasteiger partial charge in [0.2, 0.25) is 0 Å². The Hall–Kier alpha value is -0.970. The largest absolute Gasteiger partial charge is 0.462 e. The van der Waals surface area contributed by atoms with Crippen LogP contribution in [0.2, 0.25) is 0 Å². The third kappa shape index (κ3) is 3.03. The fraction of sp³-hybridized carbons (Fsp3) is 0. The molecular formula is C3H2O2. The van der Waals surface area contributed by atoms with Crippen LogP contribution >= 0.6 is 0 Å². The zero-order chi connectivity index (χ0) is 4.12. The first kappa shape index (κ1) is 4.03. The van der Waals surface area contributed by atoms with E-state index in [1.165, 1.54) is 6.11 Å². The summed E-state index contributed by atoms with van der Waals surface area (Å²) in [5.74, 6) is 1.74. The number of hydrogen-bond donors (Lipinski definition) is 1. The lowest BCUT2D eigenvalue weighted by molar-refractivity contribution is -0.103. The first-order valence-electron chi connectivity index (χ1n) is 0.998. The summed E-state index contributed by atoms with van der Waals surface area (Å²) in [4.78, 5) is 9.07. The lowest BCUT2D eigenvalue weighted by Gasteiger charge is -1.44. The topological polar surface area (TPSA) is 37.3 Å². The second kappa shape index (κ2) is 3.03. The van der Waals surface area contributed by atoms with Gasteiger partial charge in [0.25, 0.3) is 0 Å². The van der Waals surface area contributed by atoms with E-state index in [9.17, 15) is 0 Å². The van der Waals surface area contributed by atoms with E-state index in [4.69, 9.17) is 9.90 Å². The van der Waals surface area contributed by atoms with Gasteiger partial charge in [-0.1, -0.05) is 0 Å². The summed E-state index contributed by atoms with van der Waals surface area (Å²) in [6, 6.07) is 0. The maximum atomic E-state index is 9.07. The number of carbonyl (C=O) groups excluding carboxylic acids is 1. The molecule has 0 unspecified atom stereocenters. The van der Waals surface area contributed by atoms with Crippen molar-refractivity contribution in [3.63, 3.8) is 0 Å². The van der Waals surface area contributed by atoms with Crippen molar-refractivity contribution < 1.29 is 9.90 Å². The molecule has 0 aromatic heterocycles. The van der Waals surface area contributed by atoms with Gasteiger partial charge < -0.3 is 5.11 Å². The molecule has 5 heavy (non-hydrogen) atoms. The molecule has 0 rings (SSSR count). The molecule has 0 amide bonds. The third-order valence-corrected chi connectivity index (χ3v) is 0.123. The Bertz CT molecular complexity index is 74.6. The Kier molecular flexibility index (Phi) is 2.44. The van der Waals surface area contributed by atoms with Crippen LogP contribution in [0.4, 0.5) is 0 Å². The molecule has 0 fully saturated rings. The Morgan fingerprint density at radius 2 is 2.40 bits per heavy atom. The van der Waals surface area contributed by atoms with Crippen LogP contribution in [-0.4, -0.2) is 11.4 Å². The number of carbonyl (C=O) groups is 1. The predicted octanol–water partition coefficient (Wildman–Crippen LogP) is -0.481. The number of aldehydes is 1. The molecule has 2 heteroatoms. The van der Waals surface area contributed by atoms with E-state index in [0.29, 0.717) is 6.29 Å². The summed E-state index contributed by atoms with van der Waals surface area (Å²) in [6.07, 6.45) is 1.72. The van der Waals surface area contributed by atoms with Gasteiger partial charge in [-0.2, -0.15) is 0 Å². The molecule has 0 spiro atoms. The minimum Gasteiger partial charge on any atom is -0.462 e. The van der Waals surface area contributed by atoms with Crippen LogP contribution in [0, 0.1) is 12.0 Å². The number of hydrogen-bond acceptors (Lipinski definition) is 2. The summed E-state index contributed by atoms with van der Waals surface area (Å²) >= 11 is 0. The van der Waals surface area contributed by atoms with E-state index < -0.39 is 0 Å². The number of aliphatic hydroxyl groups is 1. The molecule has 0 aliphatic heterocycles. The monoisotopic (exact) mass is 70.0 g/mol. The van der Waals surface area contributed by atoms with Gasteiger partial charge in [-0.15, -0.1) is 0 Å². The van der Waals surface area contributed by atoms with Crippen LogP contribution in [0.3, 0.4) is 0 Å². The van der Waals surface area contributed by atoms with Crippen molar-refractivity contribution in [2.24, 2.45) is 0 Å². The van der Waals surface area contributed by atoms with Gasteiger partial charge >= 0.3 is 0 Å². The number of rotatable bonds is 0. The van der Waals surface area contributed by atoms with Gasteiger partial charge in [0, 0.05) is 5.92 Å². The quantitative estimate of drug-likeness (QED) is 0.308. The molecule has 0 radical (unpaired) electrons. The molecule has 2 nitrogen and oxygen atoms in total.